The zero-order valence-electron chi connectivity index (χ0n) is 8.45. The van der Waals surface area contributed by atoms with Crippen LogP contribution < -0.4 is 10.0 Å². The highest BCUT2D eigenvalue weighted by Gasteiger charge is 2.09. The van der Waals surface area contributed by atoms with Gasteiger partial charge in [0, 0.05) is 18.1 Å². The van der Waals surface area contributed by atoms with Crippen molar-refractivity contribution in [3.63, 3.8) is 0 Å². The highest BCUT2D eigenvalue weighted by molar-refractivity contribution is 7.89. The van der Waals surface area contributed by atoms with E-state index in [4.69, 9.17) is 5.14 Å². The number of hydrogen-bond donors (Lipinski definition) is 1. The van der Waals surface area contributed by atoms with E-state index in [1.54, 1.807) is 18.3 Å². The van der Waals surface area contributed by atoms with Crippen LogP contribution in [-0.2, 0) is 10.0 Å². The lowest BCUT2D eigenvalue weighted by molar-refractivity contribution is 0.598. The molecule has 1 aliphatic rings. The summed E-state index contributed by atoms with van der Waals surface area (Å²) in [6, 6.07) is 6.36. The van der Waals surface area contributed by atoms with Crippen LogP contribution in [0.3, 0.4) is 0 Å². The molecule has 0 radical (unpaired) electrons. The number of anilines is 1. The van der Waals surface area contributed by atoms with Crippen LogP contribution in [0, 0.1) is 0 Å². The second-order valence-corrected chi connectivity index (χ2v) is 4.88. The lowest BCUT2D eigenvalue weighted by atomic mass is 10.3. The number of nitrogens with two attached hydrogens (primary N) is 1. The van der Waals surface area contributed by atoms with E-state index in [0.29, 0.717) is 6.67 Å². The normalized spacial score (nSPS) is 15.4. The van der Waals surface area contributed by atoms with E-state index in [-0.39, 0.29) is 4.90 Å². The van der Waals surface area contributed by atoms with Crippen LogP contribution in [0.2, 0.25) is 0 Å². The van der Waals surface area contributed by atoms with Gasteiger partial charge < -0.3 is 4.90 Å². The third kappa shape index (κ3) is 2.29. The SMILES string of the molecule is NS(=O)(=O)c1ccc(N2C=CC=NC2)cc1. The molecule has 2 rings (SSSR count). The number of nitrogens with zero attached hydrogens (tertiary/aromatic N) is 2. The molecule has 0 aliphatic carbocycles. The van der Waals surface area contributed by atoms with Crippen LogP contribution >= 0.6 is 0 Å². The maximum atomic E-state index is 11.0. The molecule has 84 valence electrons. The standard InChI is InChI=1S/C10H11N3O2S/c11-16(14,15)10-4-2-9(3-5-10)13-7-1-6-12-8-13/h1-7H,8H2,(H2,11,14,15). The summed E-state index contributed by atoms with van der Waals surface area (Å²) < 4.78 is 22.1. The van der Waals surface area contributed by atoms with Gasteiger partial charge in [-0.1, -0.05) is 0 Å². The van der Waals surface area contributed by atoms with Crippen LogP contribution in [0.5, 0.6) is 0 Å². The van der Waals surface area contributed by atoms with Gasteiger partial charge in [0.15, 0.2) is 0 Å². The molecule has 0 saturated heterocycles. The van der Waals surface area contributed by atoms with Crippen molar-refractivity contribution >= 4 is 21.9 Å². The van der Waals surface area contributed by atoms with Crippen LogP contribution in [-0.4, -0.2) is 21.3 Å². The number of benzene rings is 1. The smallest absolute Gasteiger partial charge is 0.238 e. The van der Waals surface area contributed by atoms with Crippen LogP contribution in [0.25, 0.3) is 0 Å². The van der Waals surface area contributed by atoms with Gasteiger partial charge in [-0.2, -0.15) is 0 Å². The van der Waals surface area contributed by atoms with E-state index in [9.17, 15) is 8.42 Å². The van der Waals surface area contributed by atoms with Crippen molar-refractivity contribution in [3.8, 4) is 0 Å². The van der Waals surface area contributed by atoms with Crippen LogP contribution in [0.15, 0.2) is 46.4 Å². The molecule has 5 nitrogen and oxygen atoms in total. The number of primary sulfonamides is 1. The third-order valence-corrected chi connectivity index (χ3v) is 3.12. The molecule has 0 spiro atoms. The summed E-state index contributed by atoms with van der Waals surface area (Å²) in [5, 5.41) is 5.01. The van der Waals surface area contributed by atoms with E-state index in [0.717, 1.165) is 5.69 Å². The van der Waals surface area contributed by atoms with Crippen molar-refractivity contribution in [2.24, 2.45) is 10.1 Å². The summed E-state index contributed by atoms with van der Waals surface area (Å²) in [5.41, 5.74) is 0.875. The van der Waals surface area contributed by atoms with Crippen molar-refractivity contribution in [3.05, 3.63) is 36.5 Å². The predicted octanol–water partition coefficient (Wildman–Crippen LogP) is 0.696. The van der Waals surface area contributed by atoms with Gasteiger partial charge in [0.1, 0.15) is 6.67 Å². The molecule has 0 saturated carbocycles. The minimum atomic E-state index is -3.62. The molecule has 1 aromatic rings. The summed E-state index contributed by atoms with van der Waals surface area (Å²) in [6.45, 7) is 0.533. The number of hydrogen-bond acceptors (Lipinski definition) is 4. The van der Waals surface area contributed by atoms with Gasteiger partial charge in [0.25, 0.3) is 0 Å². The van der Waals surface area contributed by atoms with E-state index in [2.05, 4.69) is 4.99 Å². The lowest BCUT2D eigenvalue weighted by Gasteiger charge is -2.19. The molecule has 1 heterocycles. The average molecular weight is 237 g/mol. The van der Waals surface area contributed by atoms with Crippen molar-refractivity contribution in [2.45, 2.75) is 4.90 Å². The number of allylic oxidation sites excluding steroid dienone is 1. The van der Waals surface area contributed by atoms with Gasteiger partial charge in [-0.25, -0.2) is 13.6 Å². The zero-order chi connectivity index (χ0) is 11.6. The Balaban J connectivity index is 2.26. The molecule has 0 unspecified atom stereocenters. The molecular weight excluding hydrogens is 226 g/mol. The molecule has 0 atom stereocenters. The van der Waals surface area contributed by atoms with Crippen molar-refractivity contribution in [2.75, 3.05) is 11.6 Å². The minimum absolute atomic E-state index is 0.112. The van der Waals surface area contributed by atoms with Gasteiger partial charge in [-0.3, -0.25) is 4.99 Å². The first-order valence-corrected chi connectivity index (χ1v) is 6.18. The Kier molecular flexibility index (Phi) is 2.76. The Hall–Kier alpha value is -1.66. The third-order valence-electron chi connectivity index (χ3n) is 2.19. The summed E-state index contributed by atoms with van der Waals surface area (Å²) in [7, 11) is -3.62. The summed E-state index contributed by atoms with van der Waals surface area (Å²) in [4.78, 5) is 6.08. The van der Waals surface area contributed by atoms with Crippen molar-refractivity contribution in [1.82, 2.24) is 0 Å². The van der Waals surface area contributed by atoms with E-state index >= 15 is 0 Å². The predicted molar refractivity (Wildman–Crippen MR) is 62.8 cm³/mol. The molecule has 1 aromatic carbocycles. The fourth-order valence-electron chi connectivity index (χ4n) is 1.38. The van der Waals surface area contributed by atoms with Crippen LogP contribution in [0.1, 0.15) is 0 Å². The number of aliphatic imine (C=N–C) groups is 1. The van der Waals surface area contributed by atoms with Crippen LogP contribution in [0.4, 0.5) is 5.69 Å². The van der Waals surface area contributed by atoms with E-state index < -0.39 is 10.0 Å². The number of rotatable bonds is 2. The molecule has 2 N–H and O–H groups in total. The van der Waals surface area contributed by atoms with E-state index in [1.165, 1.54) is 12.1 Å². The average Bonchev–Trinajstić information content (AvgIpc) is 2.29. The second-order valence-electron chi connectivity index (χ2n) is 3.32. The largest absolute Gasteiger partial charge is 0.328 e. The maximum Gasteiger partial charge on any atom is 0.238 e. The quantitative estimate of drug-likeness (QED) is 0.822. The minimum Gasteiger partial charge on any atom is -0.328 e. The Labute approximate surface area is 94.0 Å². The van der Waals surface area contributed by atoms with Gasteiger partial charge in [-0.15, -0.1) is 0 Å². The molecule has 0 aromatic heterocycles. The summed E-state index contributed by atoms with van der Waals surface area (Å²) >= 11 is 0. The Morgan fingerprint density at radius 1 is 1.25 bits per heavy atom. The van der Waals surface area contributed by atoms with Gasteiger partial charge in [0.05, 0.1) is 4.90 Å². The first-order valence-electron chi connectivity index (χ1n) is 4.63. The topological polar surface area (TPSA) is 75.8 Å². The summed E-state index contributed by atoms with van der Waals surface area (Å²) in [5.74, 6) is 0. The lowest BCUT2D eigenvalue weighted by Crippen LogP contribution is -2.18. The Morgan fingerprint density at radius 2 is 1.94 bits per heavy atom. The molecule has 0 bridgehead atoms. The van der Waals surface area contributed by atoms with E-state index in [1.807, 2.05) is 17.2 Å². The van der Waals surface area contributed by atoms with Crippen molar-refractivity contribution in [1.29, 1.82) is 0 Å². The monoisotopic (exact) mass is 237 g/mol. The molecule has 0 amide bonds. The molecular formula is C10H11N3O2S. The van der Waals surface area contributed by atoms with Gasteiger partial charge in [-0.05, 0) is 30.3 Å². The molecule has 16 heavy (non-hydrogen) atoms. The molecule has 0 fully saturated rings. The Morgan fingerprint density at radius 3 is 2.44 bits per heavy atom. The fraction of sp³-hybridized carbons (Fsp3) is 0.100. The Bertz CT molecular complexity index is 532. The van der Waals surface area contributed by atoms with Crippen molar-refractivity contribution < 1.29 is 8.42 Å². The molecule has 1 aliphatic heterocycles. The maximum absolute atomic E-state index is 11.0. The highest BCUT2D eigenvalue weighted by atomic mass is 32.2. The first-order chi connectivity index (χ1) is 7.57. The summed E-state index contributed by atoms with van der Waals surface area (Å²) in [6.07, 6.45) is 5.41. The first kappa shape index (κ1) is 10.8. The number of sulfonamides is 1. The second kappa shape index (κ2) is 4.07. The van der Waals surface area contributed by atoms with Gasteiger partial charge in [0.2, 0.25) is 10.0 Å². The fourth-order valence-corrected chi connectivity index (χ4v) is 1.90. The highest BCUT2D eigenvalue weighted by Crippen LogP contribution is 2.18. The zero-order valence-corrected chi connectivity index (χ0v) is 9.26. The molecule has 6 heteroatoms. The van der Waals surface area contributed by atoms with Gasteiger partial charge >= 0.3 is 0 Å².